The maximum absolute atomic E-state index is 13.1. The molecule has 1 saturated heterocycles. The van der Waals surface area contributed by atoms with Crippen LogP contribution in [0.25, 0.3) is 0 Å². The highest BCUT2D eigenvalue weighted by Crippen LogP contribution is 2.17. The molecule has 9 nitrogen and oxygen atoms in total. The second kappa shape index (κ2) is 10.7. The largest absolute Gasteiger partial charge is 0.368 e. The number of rotatable bonds is 9. The van der Waals surface area contributed by atoms with Gasteiger partial charge in [0.15, 0.2) is 0 Å². The highest BCUT2D eigenvalue weighted by molar-refractivity contribution is 5.90. The molecule has 1 fully saturated rings. The minimum atomic E-state index is -0.894. The molecule has 1 aromatic heterocycles. The summed E-state index contributed by atoms with van der Waals surface area (Å²) in [5.41, 5.74) is 13.1. The first-order chi connectivity index (χ1) is 14.9. The molecule has 3 amide bonds. The minimum absolute atomic E-state index is 0.0610. The van der Waals surface area contributed by atoms with Crippen LogP contribution in [-0.4, -0.2) is 57.8 Å². The Morgan fingerprint density at radius 3 is 2.48 bits per heavy atom. The first-order valence-electron chi connectivity index (χ1n) is 10.6. The molecule has 3 rings (SSSR count). The average molecular weight is 427 g/mol. The topological polar surface area (TPSA) is 147 Å². The first kappa shape index (κ1) is 22.5. The van der Waals surface area contributed by atoms with Crippen LogP contribution < -0.4 is 16.8 Å². The van der Waals surface area contributed by atoms with Gasteiger partial charge in [-0.2, -0.15) is 0 Å². The molecule has 0 radical (unpaired) electrons. The van der Waals surface area contributed by atoms with Gasteiger partial charge in [0.25, 0.3) is 0 Å². The van der Waals surface area contributed by atoms with E-state index in [1.807, 2.05) is 30.3 Å². The molecule has 0 aliphatic carbocycles. The second-order valence-electron chi connectivity index (χ2n) is 8.05. The molecule has 1 aromatic carbocycles. The number of hydrogen-bond donors (Lipinski definition) is 4. The monoisotopic (exact) mass is 426 g/mol. The lowest BCUT2D eigenvalue weighted by atomic mass is 9.93. The van der Waals surface area contributed by atoms with E-state index in [4.69, 9.17) is 11.5 Å². The number of H-pyrrole nitrogens is 1. The van der Waals surface area contributed by atoms with E-state index in [0.29, 0.717) is 25.2 Å². The van der Waals surface area contributed by atoms with Gasteiger partial charge in [-0.1, -0.05) is 30.3 Å². The molecular formula is C22H30N6O3. The minimum Gasteiger partial charge on any atom is -0.368 e. The summed E-state index contributed by atoms with van der Waals surface area (Å²) in [5.74, 6) is -1.70. The maximum Gasteiger partial charge on any atom is 0.240 e. The van der Waals surface area contributed by atoms with Crippen molar-refractivity contribution in [1.29, 1.82) is 0 Å². The Morgan fingerprint density at radius 1 is 1.16 bits per heavy atom. The van der Waals surface area contributed by atoms with Gasteiger partial charge < -0.3 is 26.7 Å². The molecule has 0 unspecified atom stereocenters. The number of nitrogens with zero attached hydrogens (tertiary/aromatic N) is 2. The van der Waals surface area contributed by atoms with Crippen molar-refractivity contribution >= 4 is 17.7 Å². The van der Waals surface area contributed by atoms with Gasteiger partial charge in [0, 0.05) is 43.9 Å². The van der Waals surface area contributed by atoms with E-state index in [1.165, 1.54) is 6.33 Å². The van der Waals surface area contributed by atoms with Crippen LogP contribution in [0.2, 0.25) is 0 Å². The normalized spacial score (nSPS) is 16.5. The molecule has 2 aromatic rings. The lowest BCUT2D eigenvalue weighted by Crippen LogP contribution is -2.49. The molecule has 9 heteroatoms. The summed E-state index contributed by atoms with van der Waals surface area (Å²) in [4.78, 5) is 46.5. The third-order valence-corrected chi connectivity index (χ3v) is 5.65. The molecule has 0 saturated carbocycles. The lowest BCUT2D eigenvalue weighted by Gasteiger charge is -2.31. The zero-order chi connectivity index (χ0) is 22.2. The predicted octanol–water partition coefficient (Wildman–Crippen LogP) is 0.121. The fourth-order valence-corrected chi connectivity index (χ4v) is 3.77. The van der Waals surface area contributed by atoms with Crippen LogP contribution in [0, 0.1) is 5.92 Å². The van der Waals surface area contributed by atoms with Crippen LogP contribution in [-0.2, 0) is 27.2 Å². The number of aromatic amines is 1. The van der Waals surface area contributed by atoms with Gasteiger partial charge in [-0.3, -0.25) is 14.4 Å². The van der Waals surface area contributed by atoms with Gasteiger partial charge in [0.2, 0.25) is 17.7 Å². The van der Waals surface area contributed by atoms with Gasteiger partial charge in [0.05, 0.1) is 12.2 Å². The Kier molecular flexibility index (Phi) is 7.77. The van der Waals surface area contributed by atoms with Crippen LogP contribution in [0.5, 0.6) is 0 Å². The quantitative estimate of drug-likeness (QED) is 0.450. The summed E-state index contributed by atoms with van der Waals surface area (Å²) in [5, 5.41) is 2.74. The number of aromatic nitrogens is 2. The van der Waals surface area contributed by atoms with Crippen LogP contribution in [0.15, 0.2) is 42.9 Å². The third kappa shape index (κ3) is 6.65. The Morgan fingerprint density at radius 2 is 1.87 bits per heavy atom. The molecule has 0 bridgehead atoms. The van der Waals surface area contributed by atoms with Crippen molar-refractivity contribution in [2.45, 2.75) is 44.2 Å². The SMILES string of the molecule is NC(=O)[C@H](Cc1cnc[nH]1)NC(=O)[C@@H](CC(=O)N1CCC(N)CC1)Cc1ccccc1. The number of nitrogens with two attached hydrogens (primary N) is 2. The molecule has 1 aliphatic heterocycles. The maximum atomic E-state index is 13.1. The number of carbonyl (C=O) groups is 3. The van der Waals surface area contributed by atoms with Crippen LogP contribution in [0.4, 0.5) is 0 Å². The highest BCUT2D eigenvalue weighted by Gasteiger charge is 2.29. The molecule has 1 aliphatic rings. The van der Waals surface area contributed by atoms with E-state index in [2.05, 4.69) is 15.3 Å². The van der Waals surface area contributed by atoms with E-state index < -0.39 is 17.9 Å². The van der Waals surface area contributed by atoms with Crippen molar-refractivity contribution in [3.05, 3.63) is 54.1 Å². The first-order valence-corrected chi connectivity index (χ1v) is 10.6. The number of imidazole rings is 1. The van der Waals surface area contributed by atoms with Gasteiger partial charge in [-0.05, 0) is 24.8 Å². The number of likely N-dealkylation sites (tertiary alicyclic amines) is 1. The van der Waals surface area contributed by atoms with Gasteiger partial charge in [0.1, 0.15) is 6.04 Å². The lowest BCUT2D eigenvalue weighted by molar-refractivity contribution is -0.137. The number of nitrogens with one attached hydrogen (secondary N) is 2. The van der Waals surface area contributed by atoms with Crippen molar-refractivity contribution in [3.8, 4) is 0 Å². The van der Waals surface area contributed by atoms with E-state index in [-0.39, 0.29) is 30.7 Å². The van der Waals surface area contributed by atoms with Gasteiger partial charge in [-0.15, -0.1) is 0 Å². The van der Waals surface area contributed by atoms with Crippen molar-refractivity contribution in [1.82, 2.24) is 20.2 Å². The van der Waals surface area contributed by atoms with Crippen molar-refractivity contribution < 1.29 is 14.4 Å². The van der Waals surface area contributed by atoms with Crippen LogP contribution in [0.3, 0.4) is 0 Å². The number of hydrogen-bond acceptors (Lipinski definition) is 5. The zero-order valence-electron chi connectivity index (χ0n) is 17.5. The summed E-state index contributed by atoms with van der Waals surface area (Å²) in [6.07, 6.45) is 5.25. The van der Waals surface area contributed by atoms with E-state index in [1.54, 1.807) is 11.1 Å². The Hall–Kier alpha value is -3.20. The van der Waals surface area contributed by atoms with Gasteiger partial charge >= 0.3 is 0 Å². The summed E-state index contributed by atoms with van der Waals surface area (Å²) in [6.45, 7) is 1.20. The van der Waals surface area contributed by atoms with E-state index >= 15 is 0 Å². The standard InChI is InChI=1S/C22H30N6O3/c23-17-6-8-28(9-7-17)20(29)11-16(10-15-4-2-1-3-5-15)22(31)27-19(21(24)30)12-18-13-25-14-26-18/h1-5,13-14,16-17,19H,6-12,23H2,(H2,24,30)(H,25,26)(H,27,31)/t16-,19+/m1/s1. The summed E-state index contributed by atoms with van der Waals surface area (Å²) in [7, 11) is 0. The van der Waals surface area contributed by atoms with Crippen molar-refractivity contribution in [3.63, 3.8) is 0 Å². The molecule has 2 heterocycles. The predicted molar refractivity (Wildman–Crippen MR) is 115 cm³/mol. The Labute approximate surface area is 181 Å². The molecule has 31 heavy (non-hydrogen) atoms. The average Bonchev–Trinajstić information content (AvgIpc) is 3.27. The van der Waals surface area contributed by atoms with E-state index in [9.17, 15) is 14.4 Å². The molecule has 2 atom stereocenters. The van der Waals surface area contributed by atoms with Crippen LogP contribution >= 0.6 is 0 Å². The number of piperidine rings is 1. The van der Waals surface area contributed by atoms with Crippen molar-refractivity contribution in [2.24, 2.45) is 17.4 Å². The van der Waals surface area contributed by atoms with Crippen LogP contribution in [0.1, 0.15) is 30.5 Å². The molecule has 6 N–H and O–H groups in total. The smallest absolute Gasteiger partial charge is 0.240 e. The molecule has 166 valence electrons. The van der Waals surface area contributed by atoms with E-state index in [0.717, 1.165) is 18.4 Å². The second-order valence-corrected chi connectivity index (χ2v) is 8.05. The fraction of sp³-hybridized carbons (Fsp3) is 0.455. The number of benzene rings is 1. The van der Waals surface area contributed by atoms with Crippen molar-refractivity contribution in [2.75, 3.05) is 13.1 Å². The summed E-state index contributed by atoms with van der Waals surface area (Å²) < 4.78 is 0. The Balaban J connectivity index is 1.70. The summed E-state index contributed by atoms with van der Waals surface area (Å²) in [6, 6.07) is 8.74. The number of carbonyl (C=O) groups excluding carboxylic acids is 3. The summed E-state index contributed by atoms with van der Waals surface area (Å²) >= 11 is 0. The number of primary amides is 1. The third-order valence-electron chi connectivity index (χ3n) is 5.65. The van der Waals surface area contributed by atoms with Gasteiger partial charge in [-0.25, -0.2) is 4.98 Å². The number of amides is 3. The Bertz CT molecular complexity index is 863. The molecule has 0 spiro atoms. The zero-order valence-corrected chi connectivity index (χ0v) is 17.5. The highest BCUT2D eigenvalue weighted by atomic mass is 16.2. The fourth-order valence-electron chi connectivity index (χ4n) is 3.77. The molecular weight excluding hydrogens is 396 g/mol.